The molecule has 0 unspecified atom stereocenters. The summed E-state index contributed by atoms with van der Waals surface area (Å²) in [6.45, 7) is 1.90. The molecule has 4 heteroatoms. The first-order chi connectivity index (χ1) is 9.24. The van der Waals surface area contributed by atoms with Crippen molar-refractivity contribution in [1.29, 1.82) is 0 Å². The van der Waals surface area contributed by atoms with Gasteiger partial charge in [-0.15, -0.1) is 0 Å². The number of carbonyl (C=O) groups excluding carboxylic acids is 1. The third-order valence-corrected chi connectivity index (χ3v) is 3.72. The van der Waals surface area contributed by atoms with E-state index < -0.39 is 0 Å². The van der Waals surface area contributed by atoms with Crippen LogP contribution in [0, 0.1) is 0 Å². The van der Waals surface area contributed by atoms with Crippen molar-refractivity contribution in [3.63, 3.8) is 0 Å². The van der Waals surface area contributed by atoms with Crippen molar-refractivity contribution in [1.82, 2.24) is 5.32 Å². The van der Waals surface area contributed by atoms with Crippen LogP contribution in [-0.2, 0) is 6.54 Å². The van der Waals surface area contributed by atoms with Crippen LogP contribution >= 0.6 is 11.8 Å². The summed E-state index contributed by atoms with van der Waals surface area (Å²) in [7, 11) is 0. The van der Waals surface area contributed by atoms with Gasteiger partial charge in [0.1, 0.15) is 0 Å². The number of nitrogens with one attached hydrogen (secondary N) is 1. The predicted octanol–water partition coefficient (Wildman–Crippen LogP) is 2.80. The zero-order valence-electron chi connectivity index (χ0n) is 11.7. The fourth-order valence-corrected chi connectivity index (χ4v) is 2.36. The SMILES string of the molecule is CSCCCCCCNCc1ccc(C(N)=O)cc1. The number of amides is 1. The standard InChI is InChI=1S/C15H24N2OS/c1-19-11-5-3-2-4-10-17-12-13-6-8-14(9-7-13)15(16)18/h6-9,17H,2-5,10-12H2,1H3,(H2,16,18). The number of hydrogen-bond acceptors (Lipinski definition) is 3. The van der Waals surface area contributed by atoms with Crippen LogP contribution in [0.3, 0.4) is 0 Å². The van der Waals surface area contributed by atoms with Gasteiger partial charge in [-0.1, -0.05) is 25.0 Å². The van der Waals surface area contributed by atoms with Crippen molar-refractivity contribution >= 4 is 17.7 Å². The number of benzene rings is 1. The lowest BCUT2D eigenvalue weighted by Crippen LogP contribution is -2.15. The summed E-state index contributed by atoms with van der Waals surface area (Å²) in [6.07, 6.45) is 7.35. The Labute approximate surface area is 120 Å². The number of primary amides is 1. The fourth-order valence-electron chi connectivity index (χ4n) is 1.87. The highest BCUT2D eigenvalue weighted by Gasteiger charge is 1.99. The molecular formula is C15H24N2OS. The van der Waals surface area contributed by atoms with Gasteiger partial charge in [-0.05, 0) is 49.1 Å². The molecule has 1 aromatic rings. The second-order valence-electron chi connectivity index (χ2n) is 4.64. The van der Waals surface area contributed by atoms with Gasteiger partial charge in [-0.2, -0.15) is 11.8 Å². The van der Waals surface area contributed by atoms with E-state index >= 15 is 0 Å². The summed E-state index contributed by atoms with van der Waals surface area (Å²) in [5.74, 6) is 0.907. The molecule has 0 aliphatic heterocycles. The Bertz CT molecular complexity index is 365. The second kappa shape index (κ2) is 9.87. The Kier molecular flexibility index (Phi) is 8.34. The van der Waals surface area contributed by atoms with Crippen molar-refractivity contribution in [2.75, 3.05) is 18.6 Å². The van der Waals surface area contributed by atoms with Crippen LogP contribution in [-0.4, -0.2) is 24.5 Å². The van der Waals surface area contributed by atoms with E-state index in [1.165, 1.54) is 37.0 Å². The molecule has 0 saturated heterocycles. The van der Waals surface area contributed by atoms with Gasteiger partial charge in [0.15, 0.2) is 0 Å². The minimum Gasteiger partial charge on any atom is -0.366 e. The van der Waals surface area contributed by atoms with Gasteiger partial charge < -0.3 is 11.1 Å². The van der Waals surface area contributed by atoms with E-state index in [4.69, 9.17) is 5.73 Å². The first kappa shape index (κ1) is 16.1. The van der Waals surface area contributed by atoms with E-state index in [1.807, 2.05) is 23.9 Å². The van der Waals surface area contributed by atoms with E-state index in [0.717, 1.165) is 13.1 Å². The topological polar surface area (TPSA) is 55.1 Å². The van der Waals surface area contributed by atoms with Gasteiger partial charge in [0.2, 0.25) is 5.91 Å². The molecule has 0 saturated carbocycles. The van der Waals surface area contributed by atoms with Crippen LogP contribution in [0.4, 0.5) is 0 Å². The lowest BCUT2D eigenvalue weighted by Gasteiger charge is -2.05. The zero-order valence-corrected chi connectivity index (χ0v) is 12.5. The van der Waals surface area contributed by atoms with Crippen molar-refractivity contribution in [2.45, 2.75) is 32.2 Å². The third kappa shape index (κ3) is 7.23. The van der Waals surface area contributed by atoms with Gasteiger partial charge in [0.25, 0.3) is 0 Å². The number of nitrogens with two attached hydrogens (primary N) is 1. The minimum absolute atomic E-state index is 0.371. The monoisotopic (exact) mass is 280 g/mol. The average molecular weight is 280 g/mol. The molecule has 3 nitrogen and oxygen atoms in total. The Morgan fingerprint density at radius 1 is 1.16 bits per heavy atom. The molecule has 0 spiro atoms. The van der Waals surface area contributed by atoms with Crippen molar-refractivity contribution in [3.05, 3.63) is 35.4 Å². The Morgan fingerprint density at radius 3 is 2.47 bits per heavy atom. The van der Waals surface area contributed by atoms with Gasteiger partial charge in [-0.25, -0.2) is 0 Å². The van der Waals surface area contributed by atoms with Crippen LogP contribution in [0.5, 0.6) is 0 Å². The first-order valence-corrected chi connectivity index (χ1v) is 8.22. The second-order valence-corrected chi connectivity index (χ2v) is 5.63. The summed E-state index contributed by atoms with van der Waals surface area (Å²) in [5.41, 5.74) is 6.95. The quantitative estimate of drug-likeness (QED) is 0.648. The number of hydrogen-bond donors (Lipinski definition) is 2. The summed E-state index contributed by atoms with van der Waals surface area (Å²) >= 11 is 1.92. The molecular weight excluding hydrogens is 256 g/mol. The minimum atomic E-state index is -0.371. The molecule has 1 amide bonds. The van der Waals surface area contributed by atoms with Gasteiger partial charge in [0.05, 0.1) is 0 Å². The fraction of sp³-hybridized carbons (Fsp3) is 0.533. The van der Waals surface area contributed by atoms with Crippen molar-refractivity contribution in [3.8, 4) is 0 Å². The molecule has 0 bridgehead atoms. The molecule has 0 aliphatic carbocycles. The highest BCUT2D eigenvalue weighted by atomic mass is 32.2. The highest BCUT2D eigenvalue weighted by Crippen LogP contribution is 2.05. The predicted molar refractivity (Wildman–Crippen MR) is 83.5 cm³/mol. The molecule has 106 valence electrons. The third-order valence-electron chi connectivity index (χ3n) is 3.02. The van der Waals surface area contributed by atoms with Crippen LogP contribution in [0.15, 0.2) is 24.3 Å². The first-order valence-electron chi connectivity index (χ1n) is 6.82. The number of carbonyl (C=O) groups is 1. The molecule has 0 fully saturated rings. The maximum atomic E-state index is 10.9. The van der Waals surface area contributed by atoms with Crippen molar-refractivity contribution < 1.29 is 4.79 Å². The van der Waals surface area contributed by atoms with E-state index in [-0.39, 0.29) is 5.91 Å². The Balaban J connectivity index is 2.07. The molecule has 1 rings (SSSR count). The van der Waals surface area contributed by atoms with Crippen LogP contribution < -0.4 is 11.1 Å². The van der Waals surface area contributed by atoms with E-state index in [0.29, 0.717) is 5.56 Å². The lowest BCUT2D eigenvalue weighted by molar-refractivity contribution is 0.100. The highest BCUT2D eigenvalue weighted by molar-refractivity contribution is 7.98. The molecule has 0 atom stereocenters. The smallest absolute Gasteiger partial charge is 0.248 e. The van der Waals surface area contributed by atoms with E-state index in [2.05, 4.69) is 11.6 Å². The maximum absolute atomic E-state index is 10.9. The molecule has 1 aromatic carbocycles. The normalized spacial score (nSPS) is 10.6. The number of thioether (sulfide) groups is 1. The van der Waals surface area contributed by atoms with Crippen LogP contribution in [0.2, 0.25) is 0 Å². The zero-order chi connectivity index (χ0) is 13.9. The molecule has 19 heavy (non-hydrogen) atoms. The molecule has 3 N–H and O–H groups in total. The van der Waals surface area contributed by atoms with Gasteiger partial charge in [-0.3, -0.25) is 4.79 Å². The summed E-state index contributed by atoms with van der Waals surface area (Å²) < 4.78 is 0. The lowest BCUT2D eigenvalue weighted by atomic mass is 10.1. The molecule has 0 aliphatic rings. The van der Waals surface area contributed by atoms with Gasteiger partial charge in [0, 0.05) is 12.1 Å². The van der Waals surface area contributed by atoms with Gasteiger partial charge >= 0.3 is 0 Å². The summed E-state index contributed by atoms with van der Waals surface area (Å²) in [4.78, 5) is 10.9. The van der Waals surface area contributed by atoms with Crippen molar-refractivity contribution in [2.24, 2.45) is 5.73 Å². The number of unbranched alkanes of at least 4 members (excludes halogenated alkanes) is 3. The Hall–Kier alpha value is -1.00. The summed E-state index contributed by atoms with van der Waals surface area (Å²) in [6, 6.07) is 7.46. The molecule has 0 radical (unpaired) electrons. The average Bonchev–Trinajstić information content (AvgIpc) is 2.42. The van der Waals surface area contributed by atoms with E-state index in [9.17, 15) is 4.79 Å². The molecule has 0 heterocycles. The number of rotatable bonds is 10. The molecule has 0 aromatic heterocycles. The van der Waals surface area contributed by atoms with E-state index in [1.54, 1.807) is 12.1 Å². The van der Waals surface area contributed by atoms with Crippen LogP contribution in [0.25, 0.3) is 0 Å². The summed E-state index contributed by atoms with van der Waals surface area (Å²) in [5, 5.41) is 3.42. The Morgan fingerprint density at radius 2 is 1.84 bits per heavy atom. The van der Waals surface area contributed by atoms with Crippen LogP contribution in [0.1, 0.15) is 41.6 Å². The maximum Gasteiger partial charge on any atom is 0.248 e. The largest absolute Gasteiger partial charge is 0.366 e.